The van der Waals surface area contributed by atoms with Crippen molar-refractivity contribution in [3.05, 3.63) is 169 Å². The summed E-state index contributed by atoms with van der Waals surface area (Å²) in [4.78, 5) is 27.6. The average molecular weight is 681 g/mol. The molecule has 4 aromatic carbocycles. The van der Waals surface area contributed by atoms with Crippen molar-refractivity contribution < 1.29 is 19.1 Å². The number of anilines is 6. The number of carbonyl (C=O) groups is 2. The summed E-state index contributed by atoms with van der Waals surface area (Å²) >= 11 is 3.29. The van der Waals surface area contributed by atoms with Crippen molar-refractivity contribution in [2.45, 2.75) is 6.92 Å². The van der Waals surface area contributed by atoms with Crippen LogP contribution in [0.1, 0.15) is 18.1 Å². The van der Waals surface area contributed by atoms with Crippen LogP contribution in [0.25, 0.3) is 11.6 Å². The molecule has 0 amide bonds. The van der Waals surface area contributed by atoms with Gasteiger partial charge in [-0.25, -0.2) is 9.59 Å². The fraction of sp³-hybridized carbons (Fsp3) is 0.0244. The third kappa shape index (κ3) is 7.96. The minimum atomic E-state index is -0.490. The maximum atomic E-state index is 11.6. The number of ether oxygens (including phenoxy) is 2. The number of nitrogens with zero attached hydrogens (tertiary/aromatic N) is 2. The monoisotopic (exact) mass is 680 g/mol. The first-order valence-electron chi connectivity index (χ1n) is 15.4. The molecule has 242 valence electrons. The Bertz CT molecular complexity index is 2070. The summed E-state index contributed by atoms with van der Waals surface area (Å²) in [5.41, 5.74) is 7.25. The van der Waals surface area contributed by atoms with E-state index in [0.29, 0.717) is 11.5 Å². The molecular formula is C41H32N2O4S2. The van der Waals surface area contributed by atoms with Crippen LogP contribution in [-0.2, 0) is 9.59 Å². The molecule has 49 heavy (non-hydrogen) atoms. The topological polar surface area (TPSA) is 59.1 Å². The van der Waals surface area contributed by atoms with E-state index in [2.05, 4.69) is 96.6 Å². The fourth-order valence-corrected chi connectivity index (χ4v) is 6.71. The lowest BCUT2D eigenvalue weighted by Crippen LogP contribution is -2.09. The zero-order valence-electron chi connectivity index (χ0n) is 26.7. The van der Waals surface area contributed by atoms with E-state index < -0.39 is 11.9 Å². The van der Waals surface area contributed by atoms with Gasteiger partial charge in [-0.05, 0) is 131 Å². The van der Waals surface area contributed by atoms with Gasteiger partial charge in [-0.3, -0.25) is 0 Å². The molecule has 0 bridgehead atoms. The normalized spacial score (nSPS) is 11.0. The molecule has 0 unspecified atom stereocenters. The summed E-state index contributed by atoms with van der Waals surface area (Å²) in [6.07, 6.45) is 4.47. The van der Waals surface area contributed by atoms with Crippen LogP contribution < -0.4 is 19.3 Å². The van der Waals surface area contributed by atoms with Gasteiger partial charge >= 0.3 is 11.9 Å². The molecule has 0 aliphatic heterocycles. The van der Waals surface area contributed by atoms with Gasteiger partial charge in [0.2, 0.25) is 0 Å². The fourth-order valence-electron chi connectivity index (χ4n) is 5.17. The van der Waals surface area contributed by atoms with E-state index in [1.165, 1.54) is 0 Å². The molecule has 0 atom stereocenters. The first kappa shape index (κ1) is 33.0. The average Bonchev–Trinajstić information content (AvgIpc) is 3.87. The highest BCUT2D eigenvalue weighted by Gasteiger charge is 2.16. The van der Waals surface area contributed by atoms with Crippen molar-refractivity contribution >= 4 is 79.0 Å². The summed E-state index contributed by atoms with van der Waals surface area (Å²) in [6, 6.07) is 40.0. The number of rotatable bonds is 12. The summed E-state index contributed by atoms with van der Waals surface area (Å²) < 4.78 is 10.5. The molecule has 2 aromatic heterocycles. The van der Waals surface area contributed by atoms with Crippen LogP contribution in [0.5, 0.6) is 11.5 Å². The molecular weight excluding hydrogens is 649 g/mol. The minimum absolute atomic E-state index is 0.463. The van der Waals surface area contributed by atoms with E-state index in [4.69, 9.17) is 9.47 Å². The van der Waals surface area contributed by atoms with Gasteiger partial charge in [0, 0.05) is 34.9 Å². The Labute approximate surface area is 293 Å². The maximum Gasteiger partial charge on any atom is 0.335 e. The highest BCUT2D eigenvalue weighted by molar-refractivity contribution is 7.14. The van der Waals surface area contributed by atoms with Crippen LogP contribution in [0.4, 0.5) is 32.8 Å². The molecule has 6 aromatic rings. The molecule has 0 saturated carbocycles. The van der Waals surface area contributed by atoms with Gasteiger partial charge < -0.3 is 19.3 Å². The standard InChI is InChI=1S/C41H32N2O4S2/c1-4-40(44)46-36-22-18-34(19-23-36)42(38-8-6-26-48-38)32-14-10-30(11-15-32)28-29(3)31-12-16-33(17-13-31)43(39-9-7-27-49-39)35-20-24-37(25-21-35)47-41(45)5-2/h4-28H,1-2H2,3H3/b29-28+. The molecule has 2 heterocycles. The molecule has 0 saturated heterocycles. The first-order valence-corrected chi connectivity index (χ1v) is 17.1. The van der Waals surface area contributed by atoms with Gasteiger partial charge in [0.05, 0.1) is 10.0 Å². The van der Waals surface area contributed by atoms with Gasteiger partial charge in [0.1, 0.15) is 11.5 Å². The number of allylic oxidation sites excluding steroid dienone is 1. The van der Waals surface area contributed by atoms with Crippen LogP contribution in [-0.4, -0.2) is 11.9 Å². The Morgan fingerprint density at radius 3 is 1.33 bits per heavy atom. The van der Waals surface area contributed by atoms with Gasteiger partial charge in [0.25, 0.3) is 0 Å². The second kappa shape index (κ2) is 15.3. The van der Waals surface area contributed by atoms with Crippen molar-refractivity contribution in [2.75, 3.05) is 9.80 Å². The van der Waals surface area contributed by atoms with E-state index in [1.54, 1.807) is 46.9 Å². The summed E-state index contributed by atoms with van der Waals surface area (Å²) in [5, 5.41) is 6.24. The lowest BCUT2D eigenvalue weighted by Gasteiger charge is -2.24. The smallest absolute Gasteiger partial charge is 0.335 e. The van der Waals surface area contributed by atoms with Crippen LogP contribution in [0.15, 0.2) is 157 Å². The van der Waals surface area contributed by atoms with E-state index >= 15 is 0 Å². The number of benzene rings is 4. The van der Waals surface area contributed by atoms with Crippen molar-refractivity contribution in [1.82, 2.24) is 0 Å². The Balaban J connectivity index is 1.21. The number of carbonyl (C=O) groups excluding carboxylic acids is 2. The number of thiophene rings is 2. The second-order valence-electron chi connectivity index (χ2n) is 10.8. The molecule has 0 aliphatic rings. The van der Waals surface area contributed by atoms with E-state index in [-0.39, 0.29) is 0 Å². The second-order valence-corrected chi connectivity index (χ2v) is 12.6. The Kier molecular flexibility index (Phi) is 10.3. The van der Waals surface area contributed by atoms with Crippen molar-refractivity contribution in [1.29, 1.82) is 0 Å². The lowest BCUT2D eigenvalue weighted by atomic mass is 10.0. The molecule has 0 aliphatic carbocycles. The van der Waals surface area contributed by atoms with Crippen molar-refractivity contribution in [2.24, 2.45) is 0 Å². The van der Waals surface area contributed by atoms with E-state index in [0.717, 1.165) is 61.6 Å². The van der Waals surface area contributed by atoms with Gasteiger partial charge in [0.15, 0.2) is 0 Å². The Hall–Kier alpha value is -5.96. The molecule has 6 nitrogen and oxygen atoms in total. The van der Waals surface area contributed by atoms with Gasteiger partial charge in [-0.2, -0.15) is 0 Å². The number of hydrogen-bond acceptors (Lipinski definition) is 8. The predicted molar refractivity (Wildman–Crippen MR) is 203 cm³/mol. The summed E-state index contributed by atoms with van der Waals surface area (Å²) in [5.74, 6) is -0.0539. The lowest BCUT2D eigenvalue weighted by molar-refractivity contribution is -0.129. The Morgan fingerprint density at radius 2 is 0.959 bits per heavy atom. The van der Waals surface area contributed by atoms with Gasteiger partial charge in [-0.1, -0.05) is 43.5 Å². The molecule has 0 N–H and O–H groups in total. The van der Waals surface area contributed by atoms with Crippen LogP contribution in [0.2, 0.25) is 0 Å². The van der Waals surface area contributed by atoms with Gasteiger partial charge in [-0.15, -0.1) is 22.7 Å². The van der Waals surface area contributed by atoms with Crippen LogP contribution >= 0.6 is 22.7 Å². The minimum Gasteiger partial charge on any atom is -0.423 e. The predicted octanol–water partition coefficient (Wildman–Crippen LogP) is 11.5. The van der Waals surface area contributed by atoms with Crippen LogP contribution in [0.3, 0.4) is 0 Å². The highest BCUT2D eigenvalue weighted by Crippen LogP contribution is 2.40. The summed E-state index contributed by atoms with van der Waals surface area (Å²) in [7, 11) is 0. The maximum absolute atomic E-state index is 11.6. The first-order chi connectivity index (χ1) is 23.9. The Morgan fingerprint density at radius 1 is 0.571 bits per heavy atom. The molecule has 8 heteroatoms. The van der Waals surface area contributed by atoms with Crippen molar-refractivity contribution in [3.63, 3.8) is 0 Å². The van der Waals surface area contributed by atoms with E-state index in [9.17, 15) is 9.59 Å². The SMILES string of the molecule is C=CC(=O)Oc1ccc(N(c2ccc(/C=C(\C)c3ccc(N(c4ccc(OC(=O)C=C)cc4)c4cccs4)cc3)cc2)c2cccs2)cc1. The number of hydrogen-bond donors (Lipinski definition) is 0. The molecule has 0 radical (unpaired) electrons. The highest BCUT2D eigenvalue weighted by atomic mass is 32.1. The van der Waals surface area contributed by atoms with Crippen molar-refractivity contribution in [3.8, 4) is 11.5 Å². The zero-order valence-corrected chi connectivity index (χ0v) is 28.3. The van der Waals surface area contributed by atoms with Crippen LogP contribution in [0, 0.1) is 0 Å². The molecule has 0 fully saturated rings. The van der Waals surface area contributed by atoms with E-state index in [1.807, 2.05) is 47.2 Å². The largest absolute Gasteiger partial charge is 0.423 e. The summed E-state index contributed by atoms with van der Waals surface area (Å²) in [6.45, 7) is 9.03. The third-order valence-corrected chi connectivity index (χ3v) is 9.24. The molecule has 6 rings (SSSR count). The third-order valence-electron chi connectivity index (χ3n) is 7.53. The number of esters is 2. The zero-order chi connectivity index (χ0) is 34.2. The molecule has 0 spiro atoms. The quantitative estimate of drug-likeness (QED) is 0.0555.